The van der Waals surface area contributed by atoms with Crippen molar-refractivity contribution in [2.75, 3.05) is 5.32 Å². The van der Waals surface area contributed by atoms with E-state index in [9.17, 15) is 14.9 Å². The van der Waals surface area contributed by atoms with Crippen molar-refractivity contribution in [1.82, 2.24) is 4.98 Å². The number of para-hydroxylation sites is 1. The van der Waals surface area contributed by atoms with Gasteiger partial charge in [-0.1, -0.05) is 29.8 Å². The number of rotatable bonds is 4. The highest BCUT2D eigenvalue weighted by atomic mass is 16.6. The lowest BCUT2D eigenvalue weighted by atomic mass is 10.1. The number of carbonyl (C=O) groups is 1. The number of non-ortho nitro benzene ring substituents is 1. The Morgan fingerprint density at radius 2 is 1.82 bits per heavy atom. The second-order valence-corrected chi connectivity index (χ2v) is 6.29. The van der Waals surface area contributed by atoms with Crippen molar-refractivity contribution in [3.05, 3.63) is 88.0 Å². The summed E-state index contributed by atoms with van der Waals surface area (Å²) in [5.74, 6) is 0.0227. The lowest BCUT2D eigenvalue weighted by Crippen LogP contribution is -2.12. The van der Waals surface area contributed by atoms with Crippen molar-refractivity contribution in [1.29, 1.82) is 0 Å². The number of amides is 1. The first-order valence-electron chi connectivity index (χ1n) is 8.54. The first kappa shape index (κ1) is 17.4. The fourth-order valence-electron chi connectivity index (χ4n) is 2.82. The zero-order valence-electron chi connectivity index (χ0n) is 14.9. The first-order chi connectivity index (χ1) is 13.5. The van der Waals surface area contributed by atoms with Gasteiger partial charge in [0.05, 0.1) is 22.2 Å². The third kappa shape index (κ3) is 3.33. The summed E-state index contributed by atoms with van der Waals surface area (Å²) < 4.78 is 5.72. The zero-order chi connectivity index (χ0) is 19.7. The molecule has 0 bridgehead atoms. The molecule has 4 aromatic rings. The highest BCUT2D eigenvalue weighted by Gasteiger charge is 2.16. The summed E-state index contributed by atoms with van der Waals surface area (Å²) in [6, 6.07) is 18.6. The van der Waals surface area contributed by atoms with E-state index < -0.39 is 4.92 Å². The molecule has 0 unspecified atom stereocenters. The second kappa shape index (κ2) is 6.96. The van der Waals surface area contributed by atoms with Crippen LogP contribution in [0, 0.1) is 17.0 Å². The number of nitro groups is 1. The minimum absolute atomic E-state index is 0.0730. The molecule has 7 heteroatoms. The fraction of sp³-hybridized carbons (Fsp3) is 0.0476. The molecule has 0 fully saturated rings. The van der Waals surface area contributed by atoms with Crippen molar-refractivity contribution >= 4 is 28.4 Å². The minimum atomic E-state index is -0.489. The van der Waals surface area contributed by atoms with Crippen LogP contribution in [0.15, 0.2) is 71.1 Å². The van der Waals surface area contributed by atoms with Crippen LogP contribution in [0.2, 0.25) is 0 Å². The molecule has 0 spiro atoms. The Hall–Kier alpha value is -4.00. The maximum atomic E-state index is 12.6. The van der Waals surface area contributed by atoms with Crippen LogP contribution >= 0.6 is 0 Å². The predicted octanol–water partition coefficient (Wildman–Crippen LogP) is 4.96. The van der Waals surface area contributed by atoms with Crippen LogP contribution in [-0.4, -0.2) is 15.8 Å². The monoisotopic (exact) mass is 373 g/mol. The van der Waals surface area contributed by atoms with Crippen LogP contribution in [0.25, 0.3) is 22.6 Å². The Bertz CT molecular complexity index is 1200. The van der Waals surface area contributed by atoms with E-state index in [-0.39, 0.29) is 17.5 Å². The van der Waals surface area contributed by atoms with Gasteiger partial charge >= 0.3 is 0 Å². The topological polar surface area (TPSA) is 98.3 Å². The van der Waals surface area contributed by atoms with Gasteiger partial charge in [0.2, 0.25) is 5.89 Å². The van der Waals surface area contributed by atoms with Crippen LogP contribution in [0.1, 0.15) is 15.9 Å². The number of nitrogens with zero attached hydrogens (tertiary/aromatic N) is 2. The maximum Gasteiger partial charge on any atom is 0.273 e. The smallest absolute Gasteiger partial charge is 0.273 e. The molecule has 0 saturated heterocycles. The number of oxazole rings is 1. The van der Waals surface area contributed by atoms with Gasteiger partial charge in [-0.2, -0.15) is 0 Å². The van der Waals surface area contributed by atoms with Crippen molar-refractivity contribution in [2.24, 2.45) is 0 Å². The van der Waals surface area contributed by atoms with E-state index in [4.69, 9.17) is 4.42 Å². The van der Waals surface area contributed by atoms with E-state index in [1.165, 1.54) is 18.2 Å². The van der Waals surface area contributed by atoms with E-state index >= 15 is 0 Å². The summed E-state index contributed by atoms with van der Waals surface area (Å²) in [7, 11) is 0. The van der Waals surface area contributed by atoms with Crippen LogP contribution in [0.5, 0.6) is 0 Å². The van der Waals surface area contributed by atoms with Crippen molar-refractivity contribution < 1.29 is 14.1 Å². The quantitative estimate of drug-likeness (QED) is 0.402. The van der Waals surface area contributed by atoms with E-state index in [2.05, 4.69) is 10.3 Å². The van der Waals surface area contributed by atoms with Crippen LogP contribution < -0.4 is 5.32 Å². The van der Waals surface area contributed by atoms with Gasteiger partial charge in [-0.05, 0) is 37.3 Å². The molecule has 3 aromatic carbocycles. The predicted molar refractivity (Wildman–Crippen MR) is 105 cm³/mol. The Morgan fingerprint density at radius 1 is 1.07 bits per heavy atom. The van der Waals surface area contributed by atoms with Gasteiger partial charge in [0.1, 0.15) is 5.52 Å². The summed E-state index contributed by atoms with van der Waals surface area (Å²) in [5.41, 5.74) is 3.46. The Morgan fingerprint density at radius 3 is 2.57 bits per heavy atom. The van der Waals surface area contributed by atoms with Gasteiger partial charge < -0.3 is 9.73 Å². The van der Waals surface area contributed by atoms with Gasteiger partial charge in [0.25, 0.3) is 11.6 Å². The van der Waals surface area contributed by atoms with Gasteiger partial charge in [0, 0.05) is 11.6 Å². The van der Waals surface area contributed by atoms with E-state index in [0.29, 0.717) is 27.9 Å². The molecule has 1 aromatic heterocycles. The number of hydrogen-bond donors (Lipinski definition) is 1. The summed E-state index contributed by atoms with van der Waals surface area (Å²) in [6.07, 6.45) is 0. The number of hydrogen-bond acceptors (Lipinski definition) is 5. The molecule has 0 aliphatic heterocycles. The number of carbonyl (C=O) groups excluding carboxylic acids is 1. The number of anilines is 1. The second-order valence-electron chi connectivity index (χ2n) is 6.29. The molecule has 1 N–H and O–H groups in total. The molecular weight excluding hydrogens is 358 g/mol. The van der Waals surface area contributed by atoms with Gasteiger partial charge in [-0.3, -0.25) is 14.9 Å². The third-order valence-corrected chi connectivity index (χ3v) is 4.30. The lowest BCUT2D eigenvalue weighted by molar-refractivity contribution is -0.384. The molecule has 0 saturated carbocycles. The standard InChI is InChI=1S/C21H15N3O4/c1-13-6-8-14(9-7-13)20(25)22-17-5-3-2-4-16(17)21-23-18-11-10-15(24(26)27)12-19(18)28-21/h2-12H,1H3,(H,22,25). The third-order valence-electron chi connectivity index (χ3n) is 4.30. The molecular formula is C21H15N3O4. The van der Waals surface area contributed by atoms with E-state index in [0.717, 1.165) is 5.56 Å². The summed E-state index contributed by atoms with van der Waals surface area (Å²) in [6.45, 7) is 1.95. The fourth-order valence-corrected chi connectivity index (χ4v) is 2.82. The summed E-state index contributed by atoms with van der Waals surface area (Å²) in [4.78, 5) is 27.4. The molecule has 28 heavy (non-hydrogen) atoms. The van der Waals surface area contributed by atoms with Crippen molar-refractivity contribution in [3.63, 3.8) is 0 Å². The Balaban J connectivity index is 1.69. The van der Waals surface area contributed by atoms with Gasteiger partial charge in [-0.15, -0.1) is 0 Å². The maximum absolute atomic E-state index is 12.6. The number of benzene rings is 3. The highest BCUT2D eigenvalue weighted by molar-refractivity contribution is 6.06. The number of fused-ring (bicyclic) bond motifs is 1. The molecule has 0 atom stereocenters. The Kier molecular flexibility index (Phi) is 4.33. The number of aryl methyl sites for hydroxylation is 1. The van der Waals surface area contributed by atoms with Crippen LogP contribution in [0.4, 0.5) is 11.4 Å². The molecule has 1 amide bonds. The Labute approximate surface area is 159 Å². The van der Waals surface area contributed by atoms with Crippen molar-refractivity contribution in [2.45, 2.75) is 6.92 Å². The average molecular weight is 373 g/mol. The van der Waals surface area contributed by atoms with E-state index in [1.807, 2.05) is 19.1 Å². The first-order valence-corrected chi connectivity index (χ1v) is 8.54. The lowest BCUT2D eigenvalue weighted by Gasteiger charge is -2.09. The molecule has 138 valence electrons. The number of nitro benzene ring substituents is 1. The van der Waals surface area contributed by atoms with Crippen LogP contribution in [0.3, 0.4) is 0 Å². The van der Waals surface area contributed by atoms with Crippen molar-refractivity contribution in [3.8, 4) is 11.5 Å². The van der Waals surface area contributed by atoms with Crippen LogP contribution in [-0.2, 0) is 0 Å². The van der Waals surface area contributed by atoms with Gasteiger partial charge in [0.15, 0.2) is 5.58 Å². The van der Waals surface area contributed by atoms with E-state index in [1.54, 1.807) is 36.4 Å². The van der Waals surface area contributed by atoms with Gasteiger partial charge in [-0.25, -0.2) is 4.98 Å². The SMILES string of the molecule is Cc1ccc(C(=O)Nc2ccccc2-c2nc3ccc([N+](=O)[O-])cc3o2)cc1. The molecule has 0 radical (unpaired) electrons. The largest absolute Gasteiger partial charge is 0.436 e. The molecule has 0 aliphatic rings. The molecule has 1 heterocycles. The molecule has 4 rings (SSSR count). The molecule has 0 aliphatic carbocycles. The number of aromatic nitrogens is 1. The minimum Gasteiger partial charge on any atom is -0.436 e. The molecule has 7 nitrogen and oxygen atoms in total. The summed E-state index contributed by atoms with van der Waals surface area (Å²) in [5, 5.41) is 13.8. The number of nitrogens with one attached hydrogen (secondary N) is 1. The normalized spacial score (nSPS) is 10.8. The average Bonchev–Trinajstić information content (AvgIpc) is 3.12. The zero-order valence-corrected chi connectivity index (χ0v) is 14.9. The highest BCUT2D eigenvalue weighted by Crippen LogP contribution is 2.31. The summed E-state index contributed by atoms with van der Waals surface area (Å²) >= 11 is 0.